The number of hydrogen-bond acceptors (Lipinski definition) is 4. The molecule has 2 N–H and O–H groups in total. The van der Waals surface area contributed by atoms with Crippen LogP contribution in [0.25, 0.3) is 0 Å². The first-order chi connectivity index (χ1) is 9.46. The third-order valence-corrected chi connectivity index (χ3v) is 3.05. The van der Waals surface area contributed by atoms with Gasteiger partial charge < -0.3 is 19.9 Å². The lowest BCUT2D eigenvalue weighted by Crippen LogP contribution is -2.31. The van der Waals surface area contributed by atoms with Gasteiger partial charge in [0, 0.05) is 26.3 Å². The molecule has 1 aromatic carbocycles. The Balaban J connectivity index is 2.57. The third-order valence-electron chi connectivity index (χ3n) is 3.05. The van der Waals surface area contributed by atoms with Gasteiger partial charge in [-0.1, -0.05) is 6.92 Å². The second-order valence-corrected chi connectivity index (χ2v) is 5.10. The number of hydrogen-bond donors (Lipinski definition) is 2. The largest absolute Gasteiger partial charge is 0.490 e. The molecule has 0 aliphatic rings. The Morgan fingerprint density at radius 2 is 2.10 bits per heavy atom. The van der Waals surface area contributed by atoms with Crippen molar-refractivity contribution >= 4 is 0 Å². The van der Waals surface area contributed by atoms with Crippen LogP contribution < -0.4 is 10.1 Å². The minimum Gasteiger partial charge on any atom is -0.490 e. The number of benzene rings is 1. The average molecular weight is 285 g/mol. The Hall–Kier alpha value is -1.17. The van der Waals surface area contributed by atoms with Gasteiger partial charge in [-0.25, -0.2) is 4.39 Å². The van der Waals surface area contributed by atoms with Gasteiger partial charge in [-0.05, 0) is 31.0 Å². The second kappa shape index (κ2) is 8.19. The van der Waals surface area contributed by atoms with Gasteiger partial charge in [-0.15, -0.1) is 0 Å². The highest BCUT2D eigenvalue weighted by molar-refractivity contribution is 5.29. The highest BCUT2D eigenvalue weighted by Gasteiger charge is 2.18. The van der Waals surface area contributed by atoms with E-state index in [0.29, 0.717) is 31.9 Å². The van der Waals surface area contributed by atoms with Crippen molar-refractivity contribution in [3.05, 3.63) is 29.6 Å². The van der Waals surface area contributed by atoms with Gasteiger partial charge in [-0.2, -0.15) is 0 Å². The van der Waals surface area contributed by atoms with E-state index in [1.165, 1.54) is 12.1 Å². The van der Waals surface area contributed by atoms with E-state index in [2.05, 4.69) is 5.32 Å². The first-order valence-corrected chi connectivity index (χ1v) is 6.81. The maximum Gasteiger partial charge on any atom is 0.127 e. The molecular weight excluding hydrogens is 261 g/mol. The number of halogens is 1. The lowest BCUT2D eigenvalue weighted by atomic mass is 10.1. The summed E-state index contributed by atoms with van der Waals surface area (Å²) < 4.78 is 23.9. The maximum absolute atomic E-state index is 13.5. The molecule has 1 unspecified atom stereocenters. The SMILES string of the molecule is CCC(C)(O)COc1cc(F)cc(CNCCOC)c1. The molecule has 0 fully saturated rings. The number of nitrogens with one attached hydrogen (secondary N) is 1. The fraction of sp³-hybridized carbons (Fsp3) is 0.600. The minimum absolute atomic E-state index is 0.142. The van der Waals surface area contributed by atoms with Crippen molar-refractivity contribution in [2.75, 3.05) is 26.9 Å². The molecule has 0 amide bonds. The lowest BCUT2D eigenvalue weighted by molar-refractivity contribution is 0.00834. The van der Waals surface area contributed by atoms with Crippen molar-refractivity contribution < 1.29 is 19.0 Å². The molecule has 1 rings (SSSR count). The van der Waals surface area contributed by atoms with Crippen LogP contribution in [0, 0.1) is 5.82 Å². The molecule has 0 saturated heterocycles. The summed E-state index contributed by atoms with van der Waals surface area (Å²) in [6.45, 7) is 5.57. The molecule has 0 aliphatic carbocycles. The highest BCUT2D eigenvalue weighted by Crippen LogP contribution is 2.19. The van der Waals surface area contributed by atoms with Crippen LogP contribution in [-0.2, 0) is 11.3 Å². The van der Waals surface area contributed by atoms with Crippen molar-refractivity contribution in [2.24, 2.45) is 0 Å². The van der Waals surface area contributed by atoms with Gasteiger partial charge in [0.1, 0.15) is 18.2 Å². The zero-order valence-electron chi connectivity index (χ0n) is 12.4. The van der Waals surface area contributed by atoms with Crippen molar-refractivity contribution in [2.45, 2.75) is 32.4 Å². The van der Waals surface area contributed by atoms with E-state index in [0.717, 1.165) is 5.56 Å². The van der Waals surface area contributed by atoms with E-state index in [9.17, 15) is 9.50 Å². The molecule has 0 bridgehead atoms. The van der Waals surface area contributed by atoms with Crippen LogP contribution in [0.15, 0.2) is 18.2 Å². The van der Waals surface area contributed by atoms with Gasteiger partial charge in [0.25, 0.3) is 0 Å². The first kappa shape index (κ1) is 16.9. The molecule has 0 aromatic heterocycles. The lowest BCUT2D eigenvalue weighted by Gasteiger charge is -2.21. The van der Waals surface area contributed by atoms with Crippen molar-refractivity contribution in [1.29, 1.82) is 0 Å². The van der Waals surface area contributed by atoms with E-state index in [4.69, 9.17) is 9.47 Å². The molecule has 5 heteroatoms. The van der Waals surface area contributed by atoms with Crippen LogP contribution in [0.1, 0.15) is 25.8 Å². The zero-order valence-corrected chi connectivity index (χ0v) is 12.4. The summed E-state index contributed by atoms with van der Waals surface area (Å²) in [6.07, 6.45) is 0.577. The Bertz CT molecular complexity index is 410. The van der Waals surface area contributed by atoms with Crippen LogP contribution in [-0.4, -0.2) is 37.6 Å². The zero-order chi connectivity index (χ0) is 15.0. The van der Waals surface area contributed by atoms with Crippen LogP contribution in [0.5, 0.6) is 5.75 Å². The van der Waals surface area contributed by atoms with E-state index in [1.54, 1.807) is 20.1 Å². The molecule has 0 saturated carbocycles. The van der Waals surface area contributed by atoms with Crippen LogP contribution in [0.2, 0.25) is 0 Å². The number of methoxy groups -OCH3 is 1. The number of ether oxygens (including phenoxy) is 2. The van der Waals surface area contributed by atoms with E-state index >= 15 is 0 Å². The summed E-state index contributed by atoms with van der Waals surface area (Å²) in [5.74, 6) is 0.0875. The second-order valence-electron chi connectivity index (χ2n) is 5.10. The molecule has 1 aromatic rings. The predicted molar refractivity (Wildman–Crippen MR) is 76.4 cm³/mol. The summed E-state index contributed by atoms with van der Waals surface area (Å²) >= 11 is 0. The van der Waals surface area contributed by atoms with Crippen LogP contribution >= 0.6 is 0 Å². The van der Waals surface area contributed by atoms with Crippen LogP contribution in [0.3, 0.4) is 0 Å². The fourth-order valence-corrected chi connectivity index (χ4v) is 1.55. The first-order valence-electron chi connectivity index (χ1n) is 6.81. The molecule has 0 aliphatic heterocycles. The normalized spacial score (nSPS) is 14.1. The monoisotopic (exact) mass is 285 g/mol. The number of rotatable bonds is 9. The third kappa shape index (κ3) is 6.32. The summed E-state index contributed by atoms with van der Waals surface area (Å²) in [5.41, 5.74) is -0.101. The van der Waals surface area contributed by atoms with Crippen molar-refractivity contribution in [3.8, 4) is 5.75 Å². The molecule has 0 spiro atoms. The van der Waals surface area contributed by atoms with Gasteiger partial charge in [-0.3, -0.25) is 0 Å². The van der Waals surface area contributed by atoms with Gasteiger partial charge in [0.05, 0.1) is 12.2 Å². The fourth-order valence-electron chi connectivity index (χ4n) is 1.55. The average Bonchev–Trinajstić information content (AvgIpc) is 2.41. The topological polar surface area (TPSA) is 50.7 Å². The van der Waals surface area contributed by atoms with Crippen molar-refractivity contribution in [3.63, 3.8) is 0 Å². The molecule has 0 heterocycles. The standard InChI is InChI=1S/C15H24FNO3/c1-4-15(2,18)11-20-14-8-12(7-13(16)9-14)10-17-5-6-19-3/h7-9,17-18H,4-6,10-11H2,1-3H3. The summed E-state index contributed by atoms with van der Waals surface area (Å²) in [5, 5.41) is 13.0. The Morgan fingerprint density at radius 1 is 1.35 bits per heavy atom. The van der Waals surface area contributed by atoms with Gasteiger partial charge in [0.2, 0.25) is 0 Å². The van der Waals surface area contributed by atoms with Crippen molar-refractivity contribution in [1.82, 2.24) is 5.32 Å². The summed E-state index contributed by atoms with van der Waals surface area (Å²) in [7, 11) is 1.63. The molecule has 1 atom stereocenters. The predicted octanol–water partition coefficient (Wildman–Crippen LogP) is 2.10. The molecule has 20 heavy (non-hydrogen) atoms. The maximum atomic E-state index is 13.5. The quantitative estimate of drug-likeness (QED) is 0.682. The highest BCUT2D eigenvalue weighted by atomic mass is 19.1. The Labute approximate surface area is 119 Å². The van der Waals surface area contributed by atoms with E-state index in [-0.39, 0.29) is 12.4 Å². The van der Waals surface area contributed by atoms with E-state index < -0.39 is 5.60 Å². The minimum atomic E-state index is -0.900. The molecule has 114 valence electrons. The number of aliphatic hydroxyl groups is 1. The molecule has 4 nitrogen and oxygen atoms in total. The van der Waals surface area contributed by atoms with Gasteiger partial charge >= 0.3 is 0 Å². The summed E-state index contributed by atoms with van der Waals surface area (Å²) in [4.78, 5) is 0. The smallest absolute Gasteiger partial charge is 0.127 e. The van der Waals surface area contributed by atoms with Crippen LogP contribution in [0.4, 0.5) is 4.39 Å². The van der Waals surface area contributed by atoms with Gasteiger partial charge in [0.15, 0.2) is 0 Å². The molecular formula is C15H24FNO3. The summed E-state index contributed by atoms with van der Waals surface area (Å²) in [6, 6.07) is 4.56. The Kier molecular flexibility index (Phi) is 6.91. The van der Waals surface area contributed by atoms with E-state index in [1.807, 2.05) is 6.92 Å². The Morgan fingerprint density at radius 3 is 2.75 bits per heavy atom. The molecule has 0 radical (unpaired) electrons.